The molecule has 7 heteroatoms. The van der Waals surface area contributed by atoms with Crippen molar-refractivity contribution in [3.05, 3.63) is 35.0 Å². The molecule has 0 aliphatic carbocycles. The third kappa shape index (κ3) is 3.13. The van der Waals surface area contributed by atoms with Gasteiger partial charge in [0.2, 0.25) is 0 Å². The Labute approximate surface area is 121 Å². The zero-order valence-electron chi connectivity index (χ0n) is 9.49. The molecule has 0 unspecified atom stereocenters. The molecular formula is C9H8NNaO3S2. The summed E-state index contributed by atoms with van der Waals surface area (Å²) in [5.41, 5.74) is 1.37. The SMILES string of the molecule is O=S(=O)(O)c1cccc(-c2ccsc2)n1.[H-].[Na+]. The summed E-state index contributed by atoms with van der Waals surface area (Å²) in [6, 6.07) is 6.33. The Morgan fingerprint density at radius 3 is 2.62 bits per heavy atom. The van der Waals surface area contributed by atoms with Crippen molar-refractivity contribution in [2.75, 3.05) is 0 Å². The Morgan fingerprint density at radius 2 is 2.06 bits per heavy atom. The van der Waals surface area contributed by atoms with Gasteiger partial charge in [-0.2, -0.15) is 19.8 Å². The van der Waals surface area contributed by atoms with E-state index in [0.29, 0.717) is 5.69 Å². The van der Waals surface area contributed by atoms with Gasteiger partial charge in [0.25, 0.3) is 0 Å². The summed E-state index contributed by atoms with van der Waals surface area (Å²) in [4.78, 5) is 3.86. The minimum Gasteiger partial charge on any atom is -1.00 e. The fourth-order valence-corrected chi connectivity index (χ4v) is 2.24. The van der Waals surface area contributed by atoms with Crippen LogP contribution in [0.4, 0.5) is 0 Å². The summed E-state index contributed by atoms with van der Waals surface area (Å²) < 4.78 is 30.5. The van der Waals surface area contributed by atoms with Gasteiger partial charge in [0.1, 0.15) is 0 Å². The van der Waals surface area contributed by atoms with E-state index in [1.54, 1.807) is 12.1 Å². The number of hydrogen-bond acceptors (Lipinski definition) is 4. The molecule has 2 aromatic heterocycles. The Balaban J connectivity index is 0.00000128. The number of pyridine rings is 1. The van der Waals surface area contributed by atoms with Gasteiger partial charge in [-0.3, -0.25) is 4.55 Å². The summed E-state index contributed by atoms with van der Waals surface area (Å²) in [6.07, 6.45) is 0. The molecule has 0 saturated carbocycles. The van der Waals surface area contributed by atoms with Gasteiger partial charge in [-0.25, -0.2) is 4.98 Å². The largest absolute Gasteiger partial charge is 1.00 e. The fraction of sp³-hybridized carbons (Fsp3) is 0. The zero-order valence-corrected chi connectivity index (χ0v) is 12.1. The maximum Gasteiger partial charge on any atom is 1.00 e. The van der Waals surface area contributed by atoms with Crippen LogP contribution in [-0.4, -0.2) is 18.0 Å². The molecule has 0 atom stereocenters. The molecule has 16 heavy (non-hydrogen) atoms. The van der Waals surface area contributed by atoms with Crippen LogP contribution in [-0.2, 0) is 10.1 Å². The van der Waals surface area contributed by atoms with Crippen molar-refractivity contribution in [2.24, 2.45) is 0 Å². The summed E-state index contributed by atoms with van der Waals surface area (Å²) in [7, 11) is -4.22. The van der Waals surface area contributed by atoms with Crippen molar-refractivity contribution in [3.8, 4) is 11.3 Å². The quantitative estimate of drug-likeness (QED) is 0.569. The van der Waals surface area contributed by atoms with Crippen molar-refractivity contribution in [1.29, 1.82) is 0 Å². The van der Waals surface area contributed by atoms with E-state index in [1.165, 1.54) is 17.4 Å². The molecule has 0 fully saturated rings. The Morgan fingerprint density at radius 1 is 1.31 bits per heavy atom. The second-order valence-corrected chi connectivity index (χ2v) is 5.00. The minimum absolute atomic E-state index is 0. The third-order valence-electron chi connectivity index (χ3n) is 1.80. The molecule has 0 aliphatic heterocycles. The van der Waals surface area contributed by atoms with Crippen LogP contribution in [0.1, 0.15) is 1.43 Å². The van der Waals surface area contributed by atoms with E-state index in [4.69, 9.17) is 4.55 Å². The van der Waals surface area contributed by atoms with Crippen molar-refractivity contribution in [1.82, 2.24) is 4.98 Å². The molecule has 0 saturated heterocycles. The van der Waals surface area contributed by atoms with E-state index in [-0.39, 0.29) is 36.0 Å². The molecule has 0 radical (unpaired) electrons. The molecule has 2 aromatic rings. The van der Waals surface area contributed by atoms with Gasteiger partial charge in [0, 0.05) is 10.9 Å². The predicted octanol–water partition coefficient (Wildman–Crippen LogP) is -0.827. The monoisotopic (exact) mass is 265 g/mol. The first-order chi connectivity index (χ1) is 7.07. The molecule has 0 aromatic carbocycles. The van der Waals surface area contributed by atoms with Gasteiger partial charge < -0.3 is 1.43 Å². The van der Waals surface area contributed by atoms with Crippen LogP contribution in [0.5, 0.6) is 0 Å². The summed E-state index contributed by atoms with van der Waals surface area (Å²) >= 11 is 1.50. The molecular weight excluding hydrogens is 257 g/mol. The van der Waals surface area contributed by atoms with Crippen LogP contribution < -0.4 is 29.6 Å². The molecule has 0 spiro atoms. The van der Waals surface area contributed by atoms with E-state index < -0.39 is 10.1 Å². The molecule has 2 rings (SSSR count). The maximum atomic E-state index is 10.9. The van der Waals surface area contributed by atoms with Crippen LogP contribution in [0.3, 0.4) is 0 Å². The maximum absolute atomic E-state index is 10.9. The first-order valence-electron chi connectivity index (χ1n) is 4.04. The number of thiophene rings is 1. The number of nitrogens with zero attached hydrogens (tertiary/aromatic N) is 1. The van der Waals surface area contributed by atoms with Gasteiger partial charge in [0.15, 0.2) is 5.03 Å². The first kappa shape index (κ1) is 13.8. The number of rotatable bonds is 2. The molecule has 0 amide bonds. The normalized spacial score (nSPS) is 10.8. The summed E-state index contributed by atoms with van der Waals surface area (Å²) in [5.74, 6) is 0. The topological polar surface area (TPSA) is 67.3 Å². The van der Waals surface area contributed by atoms with Gasteiger partial charge >= 0.3 is 39.7 Å². The van der Waals surface area contributed by atoms with E-state index in [1.807, 2.05) is 16.8 Å². The van der Waals surface area contributed by atoms with Crippen LogP contribution in [0.25, 0.3) is 11.3 Å². The minimum atomic E-state index is -4.22. The van der Waals surface area contributed by atoms with E-state index in [2.05, 4.69) is 4.98 Å². The second kappa shape index (κ2) is 5.39. The molecule has 80 valence electrons. The molecule has 1 N–H and O–H groups in total. The standard InChI is InChI=1S/C9H7NO3S2.Na.H/c11-15(12,13)9-3-1-2-8(10-9)7-4-5-14-6-7;;/h1-6H,(H,11,12,13);;/q;+1;-1. The van der Waals surface area contributed by atoms with Crippen LogP contribution in [0, 0.1) is 0 Å². The van der Waals surface area contributed by atoms with Gasteiger partial charge in [-0.15, -0.1) is 0 Å². The molecule has 2 heterocycles. The Hall–Kier alpha value is -0.240. The van der Waals surface area contributed by atoms with Gasteiger partial charge in [-0.05, 0) is 23.6 Å². The molecule has 0 bridgehead atoms. The van der Waals surface area contributed by atoms with Crippen LogP contribution >= 0.6 is 11.3 Å². The Bertz CT molecular complexity index is 572. The number of hydrogen-bond donors (Lipinski definition) is 1. The van der Waals surface area contributed by atoms with Gasteiger partial charge in [-0.1, -0.05) is 6.07 Å². The van der Waals surface area contributed by atoms with Gasteiger partial charge in [0.05, 0.1) is 5.69 Å². The second-order valence-electron chi connectivity index (χ2n) is 2.85. The van der Waals surface area contributed by atoms with E-state index in [9.17, 15) is 8.42 Å². The van der Waals surface area contributed by atoms with Crippen molar-refractivity contribution >= 4 is 21.5 Å². The van der Waals surface area contributed by atoms with E-state index >= 15 is 0 Å². The molecule has 0 aliphatic rings. The van der Waals surface area contributed by atoms with Crippen LogP contribution in [0.15, 0.2) is 40.1 Å². The third-order valence-corrected chi connectivity index (χ3v) is 3.24. The predicted molar refractivity (Wildman–Crippen MR) is 58.5 cm³/mol. The van der Waals surface area contributed by atoms with Crippen molar-refractivity contribution in [3.63, 3.8) is 0 Å². The average Bonchev–Trinajstić information content (AvgIpc) is 2.69. The summed E-state index contributed by atoms with van der Waals surface area (Å²) in [5, 5.41) is 3.40. The zero-order chi connectivity index (χ0) is 10.9. The fourth-order valence-electron chi connectivity index (χ4n) is 1.13. The average molecular weight is 265 g/mol. The molecule has 4 nitrogen and oxygen atoms in total. The van der Waals surface area contributed by atoms with Crippen molar-refractivity contribution < 1.29 is 44.0 Å². The van der Waals surface area contributed by atoms with Crippen molar-refractivity contribution in [2.45, 2.75) is 5.03 Å². The number of aromatic nitrogens is 1. The van der Waals surface area contributed by atoms with E-state index in [0.717, 1.165) is 5.56 Å². The summed E-state index contributed by atoms with van der Waals surface area (Å²) in [6.45, 7) is 0. The first-order valence-corrected chi connectivity index (χ1v) is 6.43. The van der Waals surface area contributed by atoms with Crippen LogP contribution in [0.2, 0.25) is 0 Å². The smallest absolute Gasteiger partial charge is 1.00 e. The Kier molecular flexibility index (Phi) is 4.66.